The molecular weight excluding hydrogens is 326 g/mol. The van der Waals surface area contributed by atoms with Crippen LogP contribution in [0, 0.1) is 13.8 Å². The fraction of sp³-hybridized carbons (Fsp3) is 0.294. The molecule has 0 atom stereocenters. The first-order valence-corrected chi connectivity index (χ1v) is 7.52. The Balaban J connectivity index is 2.07. The molecule has 8 heteroatoms. The Morgan fingerprint density at radius 1 is 1.12 bits per heavy atom. The fourth-order valence-corrected chi connectivity index (χ4v) is 2.21. The summed E-state index contributed by atoms with van der Waals surface area (Å²) in [6.07, 6.45) is 0. The molecule has 1 amide bonds. The maximum Gasteiger partial charge on any atom is 0.338 e. The van der Waals surface area contributed by atoms with Gasteiger partial charge in [0.25, 0.3) is 11.5 Å². The smallest absolute Gasteiger partial charge is 0.338 e. The number of aromatic nitrogens is 2. The Morgan fingerprint density at radius 3 is 2.48 bits per heavy atom. The molecule has 0 fully saturated rings. The number of hydrogen-bond acceptors (Lipinski definition) is 5. The van der Waals surface area contributed by atoms with Crippen LogP contribution in [0.2, 0.25) is 0 Å². The van der Waals surface area contributed by atoms with Gasteiger partial charge < -0.3 is 10.1 Å². The van der Waals surface area contributed by atoms with Crippen LogP contribution in [0.5, 0.6) is 0 Å². The van der Waals surface area contributed by atoms with E-state index in [1.165, 1.54) is 14.1 Å². The lowest BCUT2D eigenvalue weighted by Crippen LogP contribution is -2.38. The van der Waals surface area contributed by atoms with Crippen molar-refractivity contribution in [3.05, 3.63) is 61.8 Å². The number of esters is 1. The zero-order valence-electron chi connectivity index (χ0n) is 14.5. The Morgan fingerprint density at radius 2 is 1.80 bits per heavy atom. The van der Waals surface area contributed by atoms with Crippen molar-refractivity contribution >= 4 is 17.7 Å². The van der Waals surface area contributed by atoms with Crippen molar-refractivity contribution in [2.75, 3.05) is 11.9 Å². The Labute approximate surface area is 143 Å². The largest absolute Gasteiger partial charge is 0.452 e. The number of aryl methyl sites for hydroxylation is 1. The molecular formula is C17H19N3O5. The molecule has 1 aromatic heterocycles. The van der Waals surface area contributed by atoms with Crippen LogP contribution in [-0.2, 0) is 23.6 Å². The summed E-state index contributed by atoms with van der Waals surface area (Å²) in [5.41, 5.74) is 0.977. The highest BCUT2D eigenvalue weighted by Crippen LogP contribution is 2.13. The topological polar surface area (TPSA) is 99.4 Å². The number of carbonyl (C=O) groups is 2. The number of nitrogens with one attached hydrogen (secondary N) is 1. The second-order valence-corrected chi connectivity index (χ2v) is 5.64. The number of rotatable bonds is 4. The minimum Gasteiger partial charge on any atom is -0.452 e. The van der Waals surface area contributed by atoms with Crippen molar-refractivity contribution < 1.29 is 14.3 Å². The van der Waals surface area contributed by atoms with Crippen LogP contribution >= 0.6 is 0 Å². The third kappa shape index (κ3) is 3.85. The van der Waals surface area contributed by atoms with E-state index in [9.17, 15) is 19.2 Å². The zero-order valence-corrected chi connectivity index (χ0v) is 14.5. The number of carbonyl (C=O) groups excluding carboxylic acids is 2. The average molecular weight is 345 g/mol. The highest BCUT2D eigenvalue weighted by atomic mass is 16.5. The summed E-state index contributed by atoms with van der Waals surface area (Å²) >= 11 is 0. The van der Waals surface area contributed by atoms with E-state index in [-0.39, 0.29) is 5.82 Å². The van der Waals surface area contributed by atoms with E-state index in [2.05, 4.69) is 5.32 Å². The molecule has 1 aromatic carbocycles. The first-order chi connectivity index (χ1) is 11.7. The maximum atomic E-state index is 12.1. The van der Waals surface area contributed by atoms with Gasteiger partial charge in [0, 0.05) is 20.2 Å². The lowest BCUT2D eigenvalue weighted by atomic mass is 10.0. The second-order valence-electron chi connectivity index (χ2n) is 5.64. The minimum atomic E-state index is -0.651. The van der Waals surface area contributed by atoms with Gasteiger partial charge in [0.2, 0.25) is 0 Å². The number of benzene rings is 1. The van der Waals surface area contributed by atoms with Crippen molar-refractivity contribution in [1.29, 1.82) is 0 Å². The predicted molar refractivity (Wildman–Crippen MR) is 91.8 cm³/mol. The predicted octanol–water partition coefficient (Wildman–Crippen LogP) is 0.496. The van der Waals surface area contributed by atoms with Gasteiger partial charge in [-0.25, -0.2) is 9.59 Å². The number of amides is 1. The highest BCUT2D eigenvalue weighted by molar-refractivity contribution is 5.95. The number of hydrogen-bond donors (Lipinski definition) is 1. The fourth-order valence-electron chi connectivity index (χ4n) is 2.21. The van der Waals surface area contributed by atoms with Gasteiger partial charge in [0.15, 0.2) is 6.61 Å². The van der Waals surface area contributed by atoms with Crippen LogP contribution in [-0.4, -0.2) is 27.6 Å². The van der Waals surface area contributed by atoms with Crippen molar-refractivity contribution in [1.82, 2.24) is 9.13 Å². The molecule has 132 valence electrons. The summed E-state index contributed by atoms with van der Waals surface area (Å²) in [5.74, 6) is -1.24. The molecule has 0 aliphatic heterocycles. The van der Waals surface area contributed by atoms with Crippen LogP contribution in [0.1, 0.15) is 21.5 Å². The molecule has 0 radical (unpaired) electrons. The number of ether oxygens (including phenoxy) is 1. The van der Waals surface area contributed by atoms with Gasteiger partial charge in [-0.2, -0.15) is 0 Å². The summed E-state index contributed by atoms with van der Waals surface area (Å²) in [6, 6.07) is 6.34. The zero-order chi connectivity index (χ0) is 18.7. The second kappa shape index (κ2) is 7.16. The summed E-state index contributed by atoms with van der Waals surface area (Å²) in [6.45, 7) is 3.13. The van der Waals surface area contributed by atoms with E-state index >= 15 is 0 Å². The van der Waals surface area contributed by atoms with Crippen LogP contribution in [0.3, 0.4) is 0 Å². The van der Waals surface area contributed by atoms with E-state index in [4.69, 9.17) is 4.74 Å². The van der Waals surface area contributed by atoms with Gasteiger partial charge in [0.1, 0.15) is 5.82 Å². The van der Waals surface area contributed by atoms with E-state index in [0.29, 0.717) is 5.56 Å². The minimum absolute atomic E-state index is 0.0286. The molecule has 0 spiro atoms. The van der Waals surface area contributed by atoms with Gasteiger partial charge >= 0.3 is 11.7 Å². The van der Waals surface area contributed by atoms with Crippen LogP contribution in [0.15, 0.2) is 33.9 Å². The average Bonchev–Trinajstić information content (AvgIpc) is 2.58. The Bertz CT molecular complexity index is 956. The van der Waals surface area contributed by atoms with Gasteiger partial charge in [-0.3, -0.25) is 18.7 Å². The van der Waals surface area contributed by atoms with E-state index in [1.807, 2.05) is 13.0 Å². The first kappa shape index (κ1) is 18.2. The Kier molecular flexibility index (Phi) is 5.21. The molecule has 25 heavy (non-hydrogen) atoms. The normalized spacial score (nSPS) is 10.4. The maximum absolute atomic E-state index is 12.1. The van der Waals surface area contributed by atoms with Gasteiger partial charge in [-0.05, 0) is 31.0 Å². The van der Waals surface area contributed by atoms with Crippen molar-refractivity contribution in [3.8, 4) is 0 Å². The lowest BCUT2D eigenvalue weighted by molar-refractivity contribution is -0.119. The Hall–Kier alpha value is -3.16. The SMILES string of the molecule is Cc1cccc(C(=O)OCC(=O)Nc2cc(=O)n(C)c(=O)n2C)c1C. The molecule has 0 saturated carbocycles. The van der Waals surface area contributed by atoms with Gasteiger partial charge in [-0.15, -0.1) is 0 Å². The van der Waals surface area contributed by atoms with Gasteiger partial charge in [0.05, 0.1) is 5.56 Å². The van der Waals surface area contributed by atoms with Crippen LogP contribution < -0.4 is 16.6 Å². The summed E-state index contributed by atoms with van der Waals surface area (Å²) in [5, 5.41) is 2.39. The lowest BCUT2D eigenvalue weighted by Gasteiger charge is -2.11. The molecule has 0 bridgehead atoms. The van der Waals surface area contributed by atoms with E-state index in [0.717, 1.165) is 26.3 Å². The number of anilines is 1. The monoisotopic (exact) mass is 345 g/mol. The molecule has 0 aliphatic carbocycles. The molecule has 0 saturated heterocycles. The highest BCUT2D eigenvalue weighted by Gasteiger charge is 2.15. The van der Waals surface area contributed by atoms with Crippen molar-refractivity contribution in [2.24, 2.45) is 14.1 Å². The quantitative estimate of drug-likeness (QED) is 0.813. The summed E-state index contributed by atoms with van der Waals surface area (Å²) < 4.78 is 7.03. The van der Waals surface area contributed by atoms with E-state index < -0.39 is 29.7 Å². The molecule has 0 aliphatic rings. The first-order valence-electron chi connectivity index (χ1n) is 7.52. The summed E-state index contributed by atoms with van der Waals surface area (Å²) in [4.78, 5) is 47.5. The molecule has 0 unspecified atom stereocenters. The molecule has 2 aromatic rings. The molecule has 1 heterocycles. The molecule has 2 rings (SSSR count). The molecule has 8 nitrogen and oxygen atoms in total. The van der Waals surface area contributed by atoms with Crippen molar-refractivity contribution in [2.45, 2.75) is 13.8 Å². The number of nitrogens with zero attached hydrogens (tertiary/aromatic N) is 2. The standard InChI is InChI=1S/C17H19N3O5/c1-10-6-5-7-12(11(10)2)16(23)25-9-14(21)18-13-8-15(22)20(4)17(24)19(13)3/h5-8H,9H2,1-4H3,(H,18,21). The molecule has 1 N–H and O–H groups in total. The van der Waals surface area contributed by atoms with E-state index in [1.54, 1.807) is 19.1 Å². The van der Waals surface area contributed by atoms with Crippen LogP contribution in [0.4, 0.5) is 5.82 Å². The van der Waals surface area contributed by atoms with Gasteiger partial charge in [-0.1, -0.05) is 12.1 Å². The third-order valence-electron chi connectivity index (χ3n) is 3.95. The van der Waals surface area contributed by atoms with Crippen molar-refractivity contribution in [3.63, 3.8) is 0 Å². The third-order valence-corrected chi connectivity index (χ3v) is 3.95. The van der Waals surface area contributed by atoms with Crippen LogP contribution in [0.25, 0.3) is 0 Å². The summed E-state index contributed by atoms with van der Waals surface area (Å²) in [7, 11) is 2.75.